The van der Waals surface area contributed by atoms with Crippen LogP contribution in [-0.2, 0) is 0 Å². The predicted molar refractivity (Wildman–Crippen MR) is 176 cm³/mol. The molecule has 3 heterocycles. The minimum Gasteiger partial charge on any atom is -0.378 e. The van der Waals surface area contributed by atoms with Gasteiger partial charge in [-0.05, 0) is 47.5 Å². The smallest absolute Gasteiger partial charge is 0.0717 e. The molecule has 0 aromatic heterocycles. The van der Waals surface area contributed by atoms with Gasteiger partial charge >= 0.3 is 0 Å². The van der Waals surface area contributed by atoms with E-state index in [1.165, 1.54) is 60.8 Å². The minimum absolute atomic E-state index is 1.22. The first-order valence-electron chi connectivity index (χ1n) is 11.6. The lowest BCUT2D eigenvalue weighted by Gasteiger charge is -2.11. The molecule has 36 heavy (non-hydrogen) atoms. The molecule has 0 bridgehead atoms. The molecule has 0 aliphatic carbocycles. The lowest BCUT2D eigenvalue weighted by molar-refractivity contribution is 1.13. The van der Waals surface area contributed by atoms with E-state index in [2.05, 4.69) is 111 Å². The van der Waals surface area contributed by atoms with Crippen LogP contribution in [0.4, 0.5) is 11.4 Å². The summed E-state index contributed by atoms with van der Waals surface area (Å²) in [5.41, 5.74) is 4.88. The maximum atomic E-state index is 2.28. The Morgan fingerprint density at radius 2 is 0.889 bits per heavy atom. The van der Waals surface area contributed by atoms with Crippen molar-refractivity contribution in [1.29, 1.82) is 0 Å². The summed E-state index contributed by atoms with van der Waals surface area (Å²) < 4.78 is 5.86. The Morgan fingerprint density at radius 1 is 0.500 bits per heavy atom. The molecule has 0 unspecified atom stereocenters. The predicted octanol–water partition coefficient (Wildman–Crippen LogP) is 9.45. The quantitative estimate of drug-likeness (QED) is 0.327. The van der Waals surface area contributed by atoms with Gasteiger partial charge in [0.05, 0.1) is 16.9 Å². The summed E-state index contributed by atoms with van der Waals surface area (Å²) in [5, 5.41) is 0. The molecule has 0 amide bonds. The molecule has 5 rings (SSSR count). The highest BCUT2D eigenvalue weighted by molar-refractivity contribution is 8.43. The van der Waals surface area contributed by atoms with E-state index in [1.54, 1.807) is 0 Å². The van der Waals surface area contributed by atoms with Gasteiger partial charge in [-0.2, -0.15) is 0 Å². The molecule has 2 nitrogen and oxygen atoms in total. The highest BCUT2D eigenvalue weighted by Crippen LogP contribution is 2.65. The van der Waals surface area contributed by atoms with Gasteiger partial charge in [0, 0.05) is 60.9 Å². The summed E-state index contributed by atoms with van der Waals surface area (Å²) in [5.74, 6) is 2.44. The van der Waals surface area contributed by atoms with Crippen LogP contribution >= 0.6 is 70.6 Å². The minimum atomic E-state index is 1.22. The molecule has 8 heteroatoms. The van der Waals surface area contributed by atoms with Gasteiger partial charge in [0.15, 0.2) is 0 Å². The monoisotopic (exact) mass is 584 g/mol. The van der Waals surface area contributed by atoms with Crippen molar-refractivity contribution in [3.05, 3.63) is 98.6 Å². The van der Waals surface area contributed by atoms with Crippen LogP contribution in [-0.4, -0.2) is 39.7 Å². The third-order valence-corrected chi connectivity index (χ3v) is 14.4. The molecule has 0 radical (unpaired) electrons. The third kappa shape index (κ3) is 6.45. The third-order valence-electron chi connectivity index (χ3n) is 5.58. The fourth-order valence-corrected chi connectivity index (χ4v) is 12.3. The second-order valence-corrected chi connectivity index (χ2v) is 16.0. The largest absolute Gasteiger partial charge is 0.378 e. The van der Waals surface area contributed by atoms with Crippen LogP contribution in [0.25, 0.3) is 12.2 Å². The van der Waals surface area contributed by atoms with E-state index in [0.717, 1.165) is 0 Å². The van der Waals surface area contributed by atoms with E-state index in [4.69, 9.17) is 0 Å². The van der Waals surface area contributed by atoms with Gasteiger partial charge in [0.1, 0.15) is 0 Å². The zero-order valence-electron chi connectivity index (χ0n) is 20.7. The summed E-state index contributed by atoms with van der Waals surface area (Å²) >= 11 is 11.8. The van der Waals surface area contributed by atoms with Gasteiger partial charge in [0.2, 0.25) is 0 Å². The van der Waals surface area contributed by atoms with Crippen molar-refractivity contribution in [3.63, 3.8) is 0 Å². The molecule has 0 spiro atoms. The Bertz CT molecular complexity index is 1170. The topological polar surface area (TPSA) is 6.48 Å². The Hall–Kier alpha value is -1.16. The SMILES string of the molecule is CN(C)c1ccc(/C=C/C2=C(/C=C/c3ccc(N(C)C)cc3)SC(=C3SC4=C(SCCS4)S3)S2)cc1. The number of benzene rings is 2. The molecule has 186 valence electrons. The van der Waals surface area contributed by atoms with Gasteiger partial charge in [-0.25, -0.2) is 0 Å². The first-order valence-corrected chi connectivity index (χ1v) is 16.8. The van der Waals surface area contributed by atoms with Crippen LogP contribution < -0.4 is 9.80 Å². The fourth-order valence-electron chi connectivity index (χ4n) is 3.55. The molecule has 2 aromatic rings. The van der Waals surface area contributed by atoms with Gasteiger partial charge in [-0.15, -0.1) is 23.5 Å². The standard InChI is InChI=1S/C28H28N2S6/c1-29(2)21-11-5-19(6-12-21)9-15-23-24(16-10-20-7-13-22(14-8-20)30(3)4)34-27(33-23)28-35-25-26(36-28)32-18-17-31-25/h5-16H,17-18H2,1-4H3/b15-9+,16-10+. The van der Waals surface area contributed by atoms with Gasteiger partial charge in [0.25, 0.3) is 0 Å². The Labute approximate surface area is 240 Å². The molecule has 0 N–H and O–H groups in total. The van der Waals surface area contributed by atoms with Crippen LogP contribution in [0.3, 0.4) is 0 Å². The summed E-state index contributed by atoms with van der Waals surface area (Å²) in [6, 6.07) is 17.5. The van der Waals surface area contributed by atoms with Crippen molar-refractivity contribution in [2.24, 2.45) is 0 Å². The van der Waals surface area contributed by atoms with Crippen molar-refractivity contribution in [1.82, 2.24) is 0 Å². The number of nitrogens with zero attached hydrogens (tertiary/aromatic N) is 2. The van der Waals surface area contributed by atoms with Crippen LogP contribution in [0.1, 0.15) is 11.1 Å². The lowest BCUT2D eigenvalue weighted by Crippen LogP contribution is -2.07. The summed E-state index contributed by atoms with van der Waals surface area (Å²) in [6.45, 7) is 0. The van der Waals surface area contributed by atoms with Gasteiger partial charge < -0.3 is 9.80 Å². The summed E-state index contributed by atoms with van der Waals surface area (Å²) in [6.07, 6.45) is 9.04. The maximum absolute atomic E-state index is 2.28. The number of thioether (sulfide) groups is 6. The summed E-state index contributed by atoms with van der Waals surface area (Å²) in [7, 11) is 8.30. The number of rotatable bonds is 6. The second-order valence-electron chi connectivity index (χ2n) is 8.62. The first-order chi connectivity index (χ1) is 17.5. The van der Waals surface area contributed by atoms with Crippen molar-refractivity contribution in [2.45, 2.75) is 0 Å². The normalized spacial score (nSPS) is 18.2. The van der Waals surface area contributed by atoms with E-state index in [1.807, 2.05) is 70.6 Å². The highest BCUT2D eigenvalue weighted by atomic mass is 32.3. The van der Waals surface area contributed by atoms with Crippen molar-refractivity contribution < 1.29 is 0 Å². The molecular formula is C28H28N2S6. The maximum Gasteiger partial charge on any atom is 0.0717 e. The Morgan fingerprint density at radius 3 is 1.28 bits per heavy atom. The van der Waals surface area contributed by atoms with Crippen LogP contribution in [0.2, 0.25) is 0 Å². The van der Waals surface area contributed by atoms with Gasteiger partial charge in [-0.1, -0.05) is 83.5 Å². The summed E-state index contributed by atoms with van der Waals surface area (Å²) in [4.78, 5) is 6.89. The van der Waals surface area contributed by atoms with Crippen LogP contribution in [0.5, 0.6) is 0 Å². The molecule has 0 saturated carbocycles. The average molecular weight is 585 g/mol. The van der Waals surface area contributed by atoms with E-state index >= 15 is 0 Å². The average Bonchev–Trinajstić information content (AvgIpc) is 3.51. The lowest BCUT2D eigenvalue weighted by atomic mass is 10.1. The molecule has 2 aromatic carbocycles. The van der Waals surface area contributed by atoms with Crippen molar-refractivity contribution >= 4 is 94.1 Å². The van der Waals surface area contributed by atoms with Gasteiger partial charge in [-0.3, -0.25) is 0 Å². The Balaban J connectivity index is 1.39. The van der Waals surface area contributed by atoms with E-state index < -0.39 is 0 Å². The molecule has 3 aliphatic heterocycles. The molecular weight excluding hydrogens is 557 g/mol. The van der Waals surface area contributed by atoms with Crippen LogP contribution in [0, 0.1) is 0 Å². The second kappa shape index (κ2) is 12.1. The fraction of sp³-hybridized carbons (Fsp3) is 0.214. The van der Waals surface area contributed by atoms with Crippen LogP contribution in [0.15, 0.2) is 87.4 Å². The molecule has 0 atom stereocenters. The number of allylic oxidation sites excluding steroid dienone is 2. The number of hydrogen-bond donors (Lipinski definition) is 0. The number of anilines is 2. The van der Waals surface area contributed by atoms with E-state index in [0.29, 0.717) is 0 Å². The van der Waals surface area contributed by atoms with E-state index in [-0.39, 0.29) is 0 Å². The Kier molecular flexibility index (Phi) is 8.91. The number of hydrogen-bond acceptors (Lipinski definition) is 8. The molecule has 0 saturated heterocycles. The zero-order chi connectivity index (χ0) is 25.1. The first kappa shape index (κ1) is 26.4. The van der Waals surface area contributed by atoms with Crippen molar-refractivity contribution in [3.8, 4) is 0 Å². The molecule has 0 fully saturated rings. The van der Waals surface area contributed by atoms with Crippen molar-refractivity contribution in [2.75, 3.05) is 49.5 Å². The highest BCUT2D eigenvalue weighted by Gasteiger charge is 2.30. The zero-order valence-corrected chi connectivity index (χ0v) is 25.6. The molecule has 3 aliphatic rings. The van der Waals surface area contributed by atoms with E-state index in [9.17, 15) is 0 Å².